The predicted octanol–water partition coefficient (Wildman–Crippen LogP) is 9.56. The lowest BCUT2D eigenvalue weighted by molar-refractivity contribution is -0.142. The fourth-order valence-corrected chi connectivity index (χ4v) is 5.90. The largest absolute Gasteiger partial charge is 0.537 e. The Hall–Kier alpha value is -0.110. The van der Waals surface area contributed by atoms with Gasteiger partial charge in [-0.05, 0) is 37.0 Å². The van der Waals surface area contributed by atoms with Gasteiger partial charge in [0.25, 0.3) is 0 Å². The van der Waals surface area contributed by atoms with Crippen LogP contribution in [0.5, 0.6) is 0 Å². The number of carbonyl (C=O) groups excluding carboxylic acids is 3. The molecule has 6 nitrogen and oxygen atoms in total. The Labute approximate surface area is 262 Å². The van der Waals surface area contributed by atoms with Crippen molar-refractivity contribution in [1.82, 2.24) is 0 Å². The van der Waals surface area contributed by atoms with Crippen LogP contribution < -0.4 is 0 Å². The minimum atomic E-state index is -2.56. The van der Waals surface area contributed by atoms with Crippen molar-refractivity contribution < 1.29 is 28.0 Å². The number of carbonyl (C=O) groups is 3. The molecule has 0 aliphatic carbocycles. The fourth-order valence-electron chi connectivity index (χ4n) is 4.01. The summed E-state index contributed by atoms with van der Waals surface area (Å²) in [7, 11) is -2.56. The van der Waals surface area contributed by atoms with E-state index in [4.69, 9.17) is 13.6 Å². The third kappa shape index (κ3) is 22.5. The summed E-state index contributed by atoms with van der Waals surface area (Å²) in [4.78, 5) is 38.2. The zero-order chi connectivity index (χ0) is 30.5. The molecule has 0 bridgehead atoms. The molecule has 0 aliphatic rings. The first kappa shape index (κ1) is 39.9. The first-order valence-electron chi connectivity index (χ1n) is 15.3. The number of thiol groups is 3. The Bertz CT molecular complexity index is 602. The van der Waals surface area contributed by atoms with Crippen molar-refractivity contribution in [1.29, 1.82) is 0 Å². The van der Waals surface area contributed by atoms with Crippen LogP contribution in [0.1, 0.15) is 138 Å². The summed E-state index contributed by atoms with van der Waals surface area (Å²) in [5.41, 5.74) is 0. The predicted molar refractivity (Wildman–Crippen MR) is 177 cm³/mol. The van der Waals surface area contributed by atoms with Crippen molar-refractivity contribution in [2.45, 2.75) is 154 Å². The van der Waals surface area contributed by atoms with Gasteiger partial charge in [-0.25, -0.2) is 0 Å². The summed E-state index contributed by atoms with van der Waals surface area (Å²) in [5, 5.41) is -2.08. The van der Waals surface area contributed by atoms with E-state index in [1.54, 1.807) is 0 Å². The molecule has 236 valence electrons. The van der Waals surface area contributed by atoms with E-state index in [2.05, 4.69) is 79.4 Å². The molecule has 0 rings (SSSR count). The highest BCUT2D eigenvalue weighted by molar-refractivity contribution is 7.82. The van der Waals surface area contributed by atoms with E-state index in [1.165, 1.54) is 0 Å². The van der Waals surface area contributed by atoms with Crippen molar-refractivity contribution in [2.75, 3.05) is 0 Å². The van der Waals surface area contributed by atoms with Crippen LogP contribution in [0.15, 0.2) is 0 Å². The minimum absolute atomic E-state index is 0.530. The van der Waals surface area contributed by atoms with Gasteiger partial charge in [0.15, 0.2) is 0 Å². The van der Waals surface area contributed by atoms with E-state index in [1.807, 2.05) is 0 Å². The van der Waals surface area contributed by atoms with Gasteiger partial charge in [-0.2, -0.15) is 37.9 Å². The number of rotatable bonds is 24. The molecule has 0 aromatic carbocycles. The van der Waals surface area contributed by atoms with Crippen LogP contribution >= 0.6 is 46.5 Å². The summed E-state index contributed by atoms with van der Waals surface area (Å²) in [6.07, 6.45) is 13.8. The van der Waals surface area contributed by atoms with Gasteiger partial charge >= 0.3 is 26.5 Å². The van der Waals surface area contributed by atoms with Crippen LogP contribution in [0.4, 0.5) is 0 Å². The van der Waals surface area contributed by atoms with E-state index in [-0.39, 0.29) is 0 Å². The first-order chi connectivity index (χ1) is 18.8. The topological polar surface area (TPSA) is 78.9 Å². The van der Waals surface area contributed by atoms with Crippen LogP contribution in [0.2, 0.25) is 0 Å². The monoisotopic (exact) mass is 640 g/mol. The van der Waals surface area contributed by atoms with Crippen LogP contribution in [0, 0.1) is 17.8 Å². The molecule has 0 saturated heterocycles. The molecule has 0 aliphatic heterocycles. The molecule has 0 saturated carbocycles. The van der Waals surface area contributed by atoms with Crippen LogP contribution in [-0.4, -0.2) is 33.7 Å². The van der Waals surface area contributed by atoms with Gasteiger partial charge < -0.3 is 13.6 Å². The van der Waals surface area contributed by atoms with Crippen molar-refractivity contribution in [2.24, 2.45) is 17.8 Å². The van der Waals surface area contributed by atoms with Gasteiger partial charge in [0.05, 0.1) is 15.7 Å². The Balaban J connectivity index is 4.95. The number of hydrogen-bond donors (Lipinski definition) is 3. The van der Waals surface area contributed by atoms with Crippen LogP contribution in [0.3, 0.4) is 0 Å². The normalized spacial score (nSPS) is 14.7. The Kier molecular flexibility index (Phi) is 24.3. The van der Waals surface area contributed by atoms with Gasteiger partial charge in [-0.1, -0.05) is 119 Å². The molecule has 0 heterocycles. The van der Waals surface area contributed by atoms with Gasteiger partial charge in [0.2, 0.25) is 0 Å². The van der Waals surface area contributed by atoms with Crippen LogP contribution in [0.25, 0.3) is 0 Å². The maximum Gasteiger partial charge on any atom is 0.537 e. The molecule has 40 heavy (non-hydrogen) atoms. The fraction of sp³-hybridized carbons (Fsp3) is 0.900. The van der Waals surface area contributed by atoms with E-state index >= 15 is 0 Å². The number of hydrogen-bond acceptors (Lipinski definition) is 9. The molecule has 0 aromatic heterocycles. The highest BCUT2D eigenvalue weighted by Crippen LogP contribution is 2.43. The van der Waals surface area contributed by atoms with Crippen LogP contribution in [-0.2, 0) is 28.0 Å². The van der Waals surface area contributed by atoms with Gasteiger partial charge in [-0.3, -0.25) is 14.4 Å². The van der Waals surface area contributed by atoms with Crippen molar-refractivity contribution in [3.63, 3.8) is 0 Å². The summed E-state index contributed by atoms with van der Waals surface area (Å²) >= 11 is 13.2. The summed E-state index contributed by atoms with van der Waals surface area (Å²) < 4.78 is 16.2. The van der Waals surface area contributed by atoms with Gasteiger partial charge in [-0.15, -0.1) is 0 Å². The molecule has 0 spiro atoms. The third-order valence-corrected chi connectivity index (χ3v) is 8.98. The van der Waals surface area contributed by atoms with Crippen molar-refractivity contribution in [3.8, 4) is 0 Å². The summed E-state index contributed by atoms with van der Waals surface area (Å²) in [6, 6.07) is 0. The molecular formula is C30H57O6PS3. The van der Waals surface area contributed by atoms with Gasteiger partial charge in [0.1, 0.15) is 0 Å². The second-order valence-corrected chi connectivity index (χ2v) is 15.0. The smallest absolute Gasteiger partial charge is 0.374 e. The molecular weight excluding hydrogens is 583 g/mol. The summed E-state index contributed by atoms with van der Waals surface area (Å²) in [6.45, 7) is 13.1. The third-order valence-electron chi connectivity index (χ3n) is 6.59. The lowest BCUT2D eigenvalue weighted by Gasteiger charge is -2.20. The van der Waals surface area contributed by atoms with E-state index in [0.717, 1.165) is 77.0 Å². The Morgan fingerprint density at radius 3 is 0.900 bits per heavy atom. The molecule has 10 heteroatoms. The molecule has 0 amide bonds. The Morgan fingerprint density at radius 1 is 0.450 bits per heavy atom. The highest BCUT2D eigenvalue weighted by Gasteiger charge is 2.33. The van der Waals surface area contributed by atoms with Crippen molar-refractivity contribution in [3.05, 3.63) is 0 Å². The molecule has 0 aromatic rings. The second kappa shape index (κ2) is 24.3. The maximum absolute atomic E-state index is 12.7. The molecule has 0 fully saturated rings. The zero-order valence-corrected chi connectivity index (χ0v) is 29.4. The lowest BCUT2D eigenvalue weighted by atomic mass is 10.0. The van der Waals surface area contributed by atoms with E-state index in [9.17, 15) is 14.4 Å². The average Bonchev–Trinajstić information content (AvgIpc) is 2.86. The SMILES string of the molecule is CC(C)CCCCCC(S)C(=O)OP(OC(=O)C(S)CCCCCC(C)C)OC(=O)C(S)CCCCCC(C)C. The molecule has 3 atom stereocenters. The standard InChI is InChI=1S/C30H57O6PS3/c1-22(2)16-10-7-13-19-25(38)28(31)34-37(35-29(32)26(39)20-14-8-11-17-23(3)4)36-30(33)27(40)21-15-9-12-18-24(5)6/h22-27,38-40H,7-21H2,1-6H3. The summed E-state index contributed by atoms with van der Waals surface area (Å²) in [5.74, 6) is -0.0311. The molecule has 0 N–H and O–H groups in total. The highest BCUT2D eigenvalue weighted by atomic mass is 32.1. The van der Waals surface area contributed by atoms with Crippen molar-refractivity contribution >= 4 is 64.4 Å². The average molecular weight is 641 g/mol. The van der Waals surface area contributed by atoms with Gasteiger partial charge in [0, 0.05) is 0 Å². The lowest BCUT2D eigenvalue weighted by Crippen LogP contribution is -2.23. The molecule has 0 radical (unpaired) electrons. The van der Waals surface area contributed by atoms with E-state index < -0.39 is 42.3 Å². The first-order valence-corrected chi connectivity index (χ1v) is 18.0. The maximum atomic E-state index is 12.7. The molecule has 3 unspecified atom stereocenters. The second-order valence-electron chi connectivity index (χ2n) is 12.1. The quantitative estimate of drug-likeness (QED) is 0.0554. The zero-order valence-electron chi connectivity index (χ0n) is 25.8. The Morgan fingerprint density at radius 2 is 0.675 bits per heavy atom. The number of unbranched alkanes of at least 4 members (excludes halogenated alkanes) is 6. The van der Waals surface area contributed by atoms with E-state index in [0.29, 0.717) is 37.0 Å². The minimum Gasteiger partial charge on any atom is -0.374 e.